The molecule has 7 heteroatoms. The average molecular weight is 350 g/mol. The molecule has 0 radical (unpaired) electrons. The molecule has 0 fully saturated rings. The number of aromatic nitrogens is 5. The van der Waals surface area contributed by atoms with E-state index in [2.05, 4.69) is 25.2 Å². The monoisotopic (exact) mass is 350 g/mol. The second-order valence-corrected chi connectivity index (χ2v) is 6.58. The lowest BCUT2D eigenvalue weighted by Gasteiger charge is -2.09. The van der Waals surface area contributed by atoms with Crippen LogP contribution in [0.3, 0.4) is 0 Å². The number of amides is 1. The highest BCUT2D eigenvalue weighted by Crippen LogP contribution is 2.14. The Morgan fingerprint density at radius 2 is 2.00 bits per heavy atom. The van der Waals surface area contributed by atoms with E-state index in [4.69, 9.17) is 0 Å². The van der Waals surface area contributed by atoms with Gasteiger partial charge in [0.25, 0.3) is 5.91 Å². The lowest BCUT2D eigenvalue weighted by atomic mass is 10.1. The fraction of sp³-hybridized carbons (Fsp3) is 0.368. The zero-order chi connectivity index (χ0) is 17.8. The first-order valence-electron chi connectivity index (χ1n) is 9.05. The molecule has 0 saturated heterocycles. The van der Waals surface area contributed by atoms with Crippen LogP contribution in [0, 0.1) is 0 Å². The van der Waals surface area contributed by atoms with Gasteiger partial charge in [-0.3, -0.25) is 9.48 Å². The number of hydrogen-bond acceptors (Lipinski definition) is 4. The SMILES string of the molecule is O=C(NCc1nnc2n1CCCCC2)c1ccc(Cn2cccn2)cc1. The van der Waals surface area contributed by atoms with Crippen molar-refractivity contribution in [1.82, 2.24) is 29.9 Å². The normalized spacial score (nSPS) is 13.8. The summed E-state index contributed by atoms with van der Waals surface area (Å²) in [6.45, 7) is 2.04. The summed E-state index contributed by atoms with van der Waals surface area (Å²) in [6.07, 6.45) is 8.17. The van der Waals surface area contributed by atoms with E-state index in [-0.39, 0.29) is 5.91 Å². The molecule has 3 aromatic rings. The summed E-state index contributed by atoms with van der Waals surface area (Å²) in [5.74, 6) is 1.78. The summed E-state index contributed by atoms with van der Waals surface area (Å²) in [6, 6.07) is 9.50. The molecule has 1 aliphatic rings. The molecule has 0 spiro atoms. The number of rotatable bonds is 5. The highest BCUT2D eigenvalue weighted by atomic mass is 16.1. The van der Waals surface area contributed by atoms with E-state index in [9.17, 15) is 4.79 Å². The van der Waals surface area contributed by atoms with Crippen LogP contribution in [0.15, 0.2) is 42.7 Å². The van der Waals surface area contributed by atoms with E-state index < -0.39 is 0 Å². The standard InChI is InChI=1S/C19H22N6O/c26-19(16-8-6-15(7-9-16)14-24-11-4-10-21-24)20-13-18-23-22-17-5-2-1-3-12-25(17)18/h4,6-11H,1-3,5,12-14H2,(H,20,26). The third-order valence-corrected chi connectivity index (χ3v) is 4.71. The molecule has 4 rings (SSSR count). The van der Waals surface area contributed by atoms with Crippen LogP contribution in [0.4, 0.5) is 0 Å². The summed E-state index contributed by atoms with van der Waals surface area (Å²) in [7, 11) is 0. The lowest BCUT2D eigenvalue weighted by Crippen LogP contribution is -2.25. The number of fused-ring (bicyclic) bond motifs is 1. The van der Waals surface area contributed by atoms with Gasteiger partial charge in [-0.1, -0.05) is 18.6 Å². The van der Waals surface area contributed by atoms with Gasteiger partial charge in [-0.25, -0.2) is 0 Å². The summed E-state index contributed by atoms with van der Waals surface area (Å²) in [4.78, 5) is 12.4. The van der Waals surface area contributed by atoms with E-state index in [1.165, 1.54) is 6.42 Å². The molecule has 1 amide bonds. The van der Waals surface area contributed by atoms with Gasteiger partial charge in [-0.15, -0.1) is 10.2 Å². The van der Waals surface area contributed by atoms with Crippen molar-refractivity contribution in [3.63, 3.8) is 0 Å². The van der Waals surface area contributed by atoms with Gasteiger partial charge in [0.15, 0.2) is 5.82 Å². The molecule has 0 aliphatic carbocycles. The van der Waals surface area contributed by atoms with Crippen LogP contribution in [0.25, 0.3) is 0 Å². The Balaban J connectivity index is 1.37. The number of carbonyl (C=O) groups is 1. The molecule has 0 bridgehead atoms. The molecule has 134 valence electrons. The molecule has 7 nitrogen and oxygen atoms in total. The zero-order valence-electron chi connectivity index (χ0n) is 14.6. The third kappa shape index (κ3) is 3.66. The first kappa shape index (κ1) is 16.5. The Morgan fingerprint density at radius 1 is 1.12 bits per heavy atom. The highest BCUT2D eigenvalue weighted by molar-refractivity contribution is 5.94. The molecule has 3 heterocycles. The first-order chi connectivity index (χ1) is 12.8. The van der Waals surface area contributed by atoms with Crippen LogP contribution < -0.4 is 5.32 Å². The Bertz CT molecular complexity index is 866. The molecule has 0 saturated carbocycles. The molecule has 1 aromatic carbocycles. The number of hydrogen-bond donors (Lipinski definition) is 1. The fourth-order valence-corrected chi connectivity index (χ4v) is 3.28. The van der Waals surface area contributed by atoms with Gasteiger partial charge in [0.2, 0.25) is 0 Å². The molecule has 0 atom stereocenters. The van der Waals surface area contributed by atoms with E-state index in [0.29, 0.717) is 18.7 Å². The van der Waals surface area contributed by atoms with E-state index in [1.807, 2.05) is 41.2 Å². The van der Waals surface area contributed by atoms with Gasteiger partial charge >= 0.3 is 0 Å². The number of nitrogens with zero attached hydrogens (tertiary/aromatic N) is 5. The van der Waals surface area contributed by atoms with Crippen LogP contribution >= 0.6 is 0 Å². The predicted octanol–water partition coefficient (Wildman–Crippen LogP) is 2.18. The van der Waals surface area contributed by atoms with Gasteiger partial charge in [-0.05, 0) is 36.6 Å². The molecular formula is C19H22N6O. The maximum atomic E-state index is 12.4. The number of benzene rings is 1. The number of aryl methyl sites for hydroxylation is 1. The molecule has 2 aromatic heterocycles. The van der Waals surface area contributed by atoms with Crippen molar-refractivity contribution < 1.29 is 4.79 Å². The molecule has 26 heavy (non-hydrogen) atoms. The van der Waals surface area contributed by atoms with Crippen molar-refractivity contribution in [2.24, 2.45) is 0 Å². The van der Waals surface area contributed by atoms with E-state index in [0.717, 1.165) is 43.0 Å². The van der Waals surface area contributed by atoms with Crippen LogP contribution in [-0.4, -0.2) is 30.5 Å². The maximum absolute atomic E-state index is 12.4. The molecular weight excluding hydrogens is 328 g/mol. The summed E-state index contributed by atoms with van der Waals surface area (Å²) in [5.41, 5.74) is 1.75. The maximum Gasteiger partial charge on any atom is 0.251 e. The zero-order valence-corrected chi connectivity index (χ0v) is 14.6. The average Bonchev–Trinajstić information content (AvgIpc) is 3.24. The van der Waals surface area contributed by atoms with Gasteiger partial charge in [0.05, 0.1) is 13.1 Å². The topological polar surface area (TPSA) is 77.6 Å². The van der Waals surface area contributed by atoms with Crippen molar-refractivity contribution in [1.29, 1.82) is 0 Å². The van der Waals surface area contributed by atoms with Crippen LogP contribution in [0.5, 0.6) is 0 Å². The predicted molar refractivity (Wildman–Crippen MR) is 96.5 cm³/mol. The van der Waals surface area contributed by atoms with Crippen LogP contribution in [0.1, 0.15) is 46.8 Å². The number of carbonyl (C=O) groups excluding carboxylic acids is 1. The number of nitrogens with one attached hydrogen (secondary N) is 1. The van der Waals surface area contributed by atoms with E-state index >= 15 is 0 Å². The van der Waals surface area contributed by atoms with Crippen molar-refractivity contribution in [2.75, 3.05) is 0 Å². The summed E-state index contributed by atoms with van der Waals surface area (Å²) in [5, 5.41) is 15.7. The van der Waals surface area contributed by atoms with Gasteiger partial charge in [0, 0.05) is 30.9 Å². The Hall–Kier alpha value is -2.96. The Labute approximate surface area is 152 Å². The van der Waals surface area contributed by atoms with Gasteiger partial charge in [-0.2, -0.15) is 5.10 Å². The van der Waals surface area contributed by atoms with Crippen LogP contribution in [0.2, 0.25) is 0 Å². The third-order valence-electron chi connectivity index (χ3n) is 4.71. The van der Waals surface area contributed by atoms with Crippen molar-refractivity contribution in [3.8, 4) is 0 Å². The smallest absolute Gasteiger partial charge is 0.251 e. The second kappa shape index (κ2) is 7.51. The highest BCUT2D eigenvalue weighted by Gasteiger charge is 2.15. The summed E-state index contributed by atoms with van der Waals surface area (Å²) < 4.78 is 4.01. The lowest BCUT2D eigenvalue weighted by molar-refractivity contribution is 0.0949. The van der Waals surface area contributed by atoms with Crippen molar-refractivity contribution in [2.45, 2.75) is 45.3 Å². The van der Waals surface area contributed by atoms with Crippen LogP contribution in [-0.2, 0) is 26.1 Å². The van der Waals surface area contributed by atoms with Gasteiger partial charge < -0.3 is 9.88 Å². The van der Waals surface area contributed by atoms with Crippen molar-refractivity contribution in [3.05, 3.63) is 65.5 Å². The molecule has 1 N–H and O–H groups in total. The fourth-order valence-electron chi connectivity index (χ4n) is 3.28. The van der Waals surface area contributed by atoms with Crippen molar-refractivity contribution >= 4 is 5.91 Å². The van der Waals surface area contributed by atoms with E-state index in [1.54, 1.807) is 6.20 Å². The molecule has 1 aliphatic heterocycles. The second-order valence-electron chi connectivity index (χ2n) is 6.58. The summed E-state index contributed by atoms with van der Waals surface area (Å²) >= 11 is 0. The largest absolute Gasteiger partial charge is 0.345 e. The quantitative estimate of drug-likeness (QED) is 0.765. The Kier molecular flexibility index (Phi) is 4.77. The van der Waals surface area contributed by atoms with Gasteiger partial charge in [0.1, 0.15) is 5.82 Å². The first-order valence-corrected chi connectivity index (χ1v) is 9.05. The minimum atomic E-state index is -0.0957. The minimum absolute atomic E-state index is 0.0957. The Morgan fingerprint density at radius 3 is 2.81 bits per heavy atom. The molecule has 0 unspecified atom stereocenters. The minimum Gasteiger partial charge on any atom is -0.345 e.